The molecule has 4 N–H and O–H groups in total. The van der Waals surface area contributed by atoms with E-state index >= 15 is 0 Å². The maximum Gasteiger partial charge on any atom is 0.326 e. The molecule has 5 heteroatoms. The number of nitrogens with one attached hydrogen (secondary N) is 1. The van der Waals surface area contributed by atoms with Crippen LogP contribution in [-0.4, -0.2) is 35.0 Å². The van der Waals surface area contributed by atoms with Gasteiger partial charge in [0.15, 0.2) is 5.96 Å². The zero-order chi connectivity index (χ0) is 8.31. The van der Waals surface area contributed by atoms with Crippen LogP contribution in [0, 0.1) is 5.41 Å². The molecule has 58 valence electrons. The molecule has 0 unspecified atom stereocenters. The van der Waals surface area contributed by atoms with Gasteiger partial charge in [-0.15, -0.1) is 0 Å². The standard InChI is InChI=1S/C5H11N3O2/c1-3(4(9)10)8(2)5(6)7/h3H,1-2H3,(H3,6,7)(H,9,10)/t3-/m0/s1. The van der Waals surface area contributed by atoms with Crippen molar-refractivity contribution in [3.8, 4) is 0 Å². The molecule has 0 fully saturated rings. The van der Waals surface area contributed by atoms with E-state index in [0.29, 0.717) is 0 Å². The van der Waals surface area contributed by atoms with Crippen molar-refractivity contribution in [3.05, 3.63) is 0 Å². The van der Waals surface area contributed by atoms with Crippen molar-refractivity contribution in [2.24, 2.45) is 5.73 Å². The van der Waals surface area contributed by atoms with E-state index in [2.05, 4.69) is 0 Å². The van der Waals surface area contributed by atoms with Crippen LogP contribution in [0.15, 0.2) is 0 Å². The van der Waals surface area contributed by atoms with Gasteiger partial charge in [-0.05, 0) is 6.92 Å². The highest BCUT2D eigenvalue weighted by atomic mass is 16.4. The highest BCUT2D eigenvalue weighted by molar-refractivity contribution is 5.82. The number of nitrogens with two attached hydrogens (primary N) is 1. The summed E-state index contributed by atoms with van der Waals surface area (Å²) >= 11 is 0. The van der Waals surface area contributed by atoms with Gasteiger partial charge >= 0.3 is 5.97 Å². The molecule has 10 heavy (non-hydrogen) atoms. The number of nitrogens with zero attached hydrogens (tertiary/aromatic N) is 1. The summed E-state index contributed by atoms with van der Waals surface area (Å²) in [6.45, 7) is 1.46. The topological polar surface area (TPSA) is 90.4 Å². The van der Waals surface area contributed by atoms with Crippen molar-refractivity contribution < 1.29 is 9.90 Å². The Kier molecular flexibility index (Phi) is 2.66. The van der Waals surface area contributed by atoms with Crippen LogP contribution in [0.4, 0.5) is 0 Å². The van der Waals surface area contributed by atoms with Gasteiger partial charge in [0.05, 0.1) is 0 Å². The van der Waals surface area contributed by atoms with Crippen LogP contribution < -0.4 is 5.73 Å². The zero-order valence-corrected chi connectivity index (χ0v) is 5.96. The third kappa shape index (κ3) is 1.93. The van der Waals surface area contributed by atoms with Crippen molar-refractivity contribution in [1.82, 2.24) is 4.90 Å². The fourth-order valence-electron chi connectivity index (χ4n) is 0.374. The average Bonchev–Trinajstić information content (AvgIpc) is 1.84. The summed E-state index contributed by atoms with van der Waals surface area (Å²) in [6.07, 6.45) is 0. The molecule has 0 rings (SSSR count). The van der Waals surface area contributed by atoms with Gasteiger partial charge in [0, 0.05) is 7.05 Å². The first-order valence-electron chi connectivity index (χ1n) is 2.76. The molecular weight excluding hydrogens is 134 g/mol. The van der Waals surface area contributed by atoms with Crippen molar-refractivity contribution in [1.29, 1.82) is 5.41 Å². The molecule has 0 aliphatic heterocycles. The summed E-state index contributed by atoms with van der Waals surface area (Å²) in [7, 11) is 1.46. The van der Waals surface area contributed by atoms with Crippen LogP contribution in [0.5, 0.6) is 0 Å². The molecule has 0 radical (unpaired) electrons. The van der Waals surface area contributed by atoms with E-state index in [1.54, 1.807) is 0 Å². The van der Waals surface area contributed by atoms with Gasteiger partial charge in [0.2, 0.25) is 0 Å². The minimum atomic E-state index is -0.988. The number of carboxylic acid groups (broad SMARTS) is 1. The number of hydrogen-bond donors (Lipinski definition) is 3. The van der Waals surface area contributed by atoms with Gasteiger partial charge in [-0.1, -0.05) is 0 Å². The lowest BCUT2D eigenvalue weighted by Crippen LogP contribution is -2.43. The Labute approximate surface area is 58.9 Å². The number of rotatable bonds is 2. The van der Waals surface area contributed by atoms with Crippen LogP contribution >= 0.6 is 0 Å². The van der Waals surface area contributed by atoms with Crippen molar-refractivity contribution in [3.63, 3.8) is 0 Å². The molecule has 0 spiro atoms. The van der Waals surface area contributed by atoms with E-state index in [1.165, 1.54) is 18.9 Å². The second-order valence-electron chi connectivity index (χ2n) is 2.01. The monoisotopic (exact) mass is 145 g/mol. The van der Waals surface area contributed by atoms with E-state index in [4.69, 9.17) is 16.2 Å². The SMILES string of the molecule is C[C@@H](C(=O)O)N(C)C(=N)N. The first kappa shape index (κ1) is 8.74. The maximum atomic E-state index is 10.3. The van der Waals surface area contributed by atoms with Gasteiger partial charge in [-0.2, -0.15) is 0 Å². The largest absolute Gasteiger partial charge is 0.480 e. The molecular formula is C5H11N3O2. The zero-order valence-electron chi connectivity index (χ0n) is 5.96. The predicted octanol–water partition coefficient (Wildman–Crippen LogP) is -0.715. The summed E-state index contributed by atoms with van der Waals surface area (Å²) in [5.74, 6) is -1.23. The molecule has 0 aromatic heterocycles. The minimum Gasteiger partial charge on any atom is -0.480 e. The van der Waals surface area contributed by atoms with Gasteiger partial charge in [-0.3, -0.25) is 5.41 Å². The summed E-state index contributed by atoms with van der Waals surface area (Å²) in [4.78, 5) is 11.4. The summed E-state index contributed by atoms with van der Waals surface area (Å²) in [6, 6.07) is -0.738. The molecule has 0 aromatic carbocycles. The molecule has 0 saturated carbocycles. The predicted molar refractivity (Wildman–Crippen MR) is 36.8 cm³/mol. The maximum absolute atomic E-state index is 10.3. The Morgan fingerprint density at radius 1 is 1.80 bits per heavy atom. The third-order valence-electron chi connectivity index (χ3n) is 1.32. The third-order valence-corrected chi connectivity index (χ3v) is 1.32. The normalized spacial score (nSPS) is 12.2. The molecule has 0 heterocycles. The number of carboxylic acids is 1. The van der Waals surface area contributed by atoms with Gasteiger partial charge < -0.3 is 15.7 Å². The Morgan fingerprint density at radius 2 is 2.20 bits per heavy atom. The van der Waals surface area contributed by atoms with Crippen LogP contribution in [0.2, 0.25) is 0 Å². The van der Waals surface area contributed by atoms with Crippen molar-refractivity contribution >= 4 is 11.9 Å². The van der Waals surface area contributed by atoms with Crippen LogP contribution in [0.3, 0.4) is 0 Å². The first-order chi connectivity index (χ1) is 4.46. The van der Waals surface area contributed by atoms with Crippen molar-refractivity contribution in [2.45, 2.75) is 13.0 Å². The van der Waals surface area contributed by atoms with Crippen LogP contribution in [0.1, 0.15) is 6.92 Å². The highest BCUT2D eigenvalue weighted by Crippen LogP contribution is 1.92. The Balaban J connectivity index is 4.07. The number of carbonyl (C=O) groups is 1. The molecule has 0 bridgehead atoms. The minimum absolute atomic E-state index is 0.241. The fraction of sp³-hybridized carbons (Fsp3) is 0.600. The summed E-state index contributed by atoms with van der Waals surface area (Å²) in [5, 5.41) is 15.3. The average molecular weight is 145 g/mol. The molecule has 0 aliphatic carbocycles. The van der Waals surface area contributed by atoms with E-state index < -0.39 is 12.0 Å². The molecule has 0 aliphatic rings. The van der Waals surface area contributed by atoms with E-state index in [0.717, 1.165) is 0 Å². The lowest BCUT2D eigenvalue weighted by atomic mass is 10.3. The van der Waals surface area contributed by atoms with Crippen LogP contribution in [0.25, 0.3) is 0 Å². The summed E-state index contributed by atoms with van der Waals surface area (Å²) < 4.78 is 0. The van der Waals surface area contributed by atoms with E-state index in [9.17, 15) is 4.79 Å². The second-order valence-corrected chi connectivity index (χ2v) is 2.01. The van der Waals surface area contributed by atoms with Crippen LogP contribution in [-0.2, 0) is 4.79 Å². The molecule has 0 saturated heterocycles. The number of hydrogen-bond acceptors (Lipinski definition) is 2. The van der Waals surface area contributed by atoms with Gasteiger partial charge in [-0.25, -0.2) is 4.79 Å². The number of guanidine groups is 1. The lowest BCUT2D eigenvalue weighted by Gasteiger charge is -2.20. The second kappa shape index (κ2) is 3.05. The number of aliphatic carboxylic acids is 1. The smallest absolute Gasteiger partial charge is 0.326 e. The fourth-order valence-corrected chi connectivity index (χ4v) is 0.374. The van der Waals surface area contributed by atoms with Crippen molar-refractivity contribution in [2.75, 3.05) is 7.05 Å². The quantitative estimate of drug-likeness (QED) is 0.353. The Morgan fingerprint density at radius 3 is 2.30 bits per heavy atom. The highest BCUT2D eigenvalue weighted by Gasteiger charge is 2.16. The van der Waals surface area contributed by atoms with Gasteiger partial charge in [0.1, 0.15) is 6.04 Å². The number of likely N-dealkylation sites (N-methyl/N-ethyl adjacent to an activating group) is 1. The Hall–Kier alpha value is -1.26. The summed E-state index contributed by atoms with van der Waals surface area (Å²) in [5.41, 5.74) is 5.02. The molecule has 5 nitrogen and oxygen atoms in total. The van der Waals surface area contributed by atoms with E-state index in [-0.39, 0.29) is 5.96 Å². The first-order valence-corrected chi connectivity index (χ1v) is 2.76. The Bertz CT molecular complexity index is 139. The molecule has 0 aromatic rings. The van der Waals surface area contributed by atoms with Gasteiger partial charge in [0.25, 0.3) is 0 Å². The molecule has 1 atom stereocenters. The molecule has 0 amide bonds. The van der Waals surface area contributed by atoms with E-state index in [1.807, 2.05) is 0 Å². The lowest BCUT2D eigenvalue weighted by molar-refractivity contribution is -0.140.